The average Bonchev–Trinajstić information content (AvgIpc) is 2.83. The molecule has 100 valence electrons. The number of furan rings is 1. The summed E-state index contributed by atoms with van der Waals surface area (Å²) in [4.78, 5) is 11.5. The van der Waals surface area contributed by atoms with E-state index >= 15 is 0 Å². The minimum absolute atomic E-state index is 0.0502. The first-order valence-corrected chi connectivity index (χ1v) is 6.18. The maximum Gasteiger partial charge on any atom is 0.246 e. The van der Waals surface area contributed by atoms with Crippen molar-refractivity contribution < 1.29 is 13.9 Å². The second-order valence-electron chi connectivity index (χ2n) is 4.27. The van der Waals surface area contributed by atoms with Crippen molar-refractivity contribution in [3.8, 4) is 0 Å². The Morgan fingerprint density at radius 1 is 1.21 bits per heavy atom. The molecule has 1 amide bonds. The van der Waals surface area contributed by atoms with E-state index in [9.17, 15) is 4.79 Å². The van der Waals surface area contributed by atoms with Crippen molar-refractivity contribution in [1.29, 1.82) is 0 Å². The second-order valence-corrected chi connectivity index (χ2v) is 4.27. The van der Waals surface area contributed by atoms with Crippen LogP contribution >= 0.6 is 0 Å². The van der Waals surface area contributed by atoms with Gasteiger partial charge in [-0.2, -0.15) is 0 Å². The average molecular weight is 259 g/mol. The number of amides is 1. The standard InChI is InChI=1S/C15H17NO3/c1-12-7-8-14(19-12)9-16-15(17)11-18-10-13-5-3-2-4-6-13/h2-8H,9-11H2,1H3,(H,16,17). The molecule has 0 spiro atoms. The molecule has 4 nitrogen and oxygen atoms in total. The van der Waals surface area contributed by atoms with Gasteiger partial charge in [-0.1, -0.05) is 30.3 Å². The molecule has 19 heavy (non-hydrogen) atoms. The Kier molecular flexibility index (Phi) is 4.75. The van der Waals surface area contributed by atoms with Crippen LogP contribution in [0.4, 0.5) is 0 Å². The predicted molar refractivity (Wildman–Crippen MR) is 71.4 cm³/mol. The summed E-state index contributed by atoms with van der Waals surface area (Å²) in [5, 5.41) is 2.74. The van der Waals surface area contributed by atoms with Gasteiger partial charge in [-0.25, -0.2) is 0 Å². The molecular formula is C15H17NO3. The molecule has 0 saturated heterocycles. The van der Waals surface area contributed by atoms with E-state index in [4.69, 9.17) is 9.15 Å². The Morgan fingerprint density at radius 2 is 2.00 bits per heavy atom. The number of hydrogen-bond acceptors (Lipinski definition) is 3. The van der Waals surface area contributed by atoms with Crippen LogP contribution in [0.1, 0.15) is 17.1 Å². The lowest BCUT2D eigenvalue weighted by Gasteiger charge is -2.05. The van der Waals surface area contributed by atoms with Gasteiger partial charge in [-0.15, -0.1) is 0 Å². The van der Waals surface area contributed by atoms with Gasteiger partial charge >= 0.3 is 0 Å². The molecular weight excluding hydrogens is 242 g/mol. The molecule has 2 aromatic rings. The van der Waals surface area contributed by atoms with Gasteiger partial charge in [0, 0.05) is 0 Å². The summed E-state index contributed by atoms with van der Waals surface area (Å²) in [5.41, 5.74) is 1.05. The third kappa shape index (κ3) is 4.60. The topological polar surface area (TPSA) is 51.5 Å². The molecule has 2 rings (SSSR count). The molecule has 0 aliphatic rings. The molecule has 0 unspecified atom stereocenters. The van der Waals surface area contributed by atoms with Crippen LogP contribution in [0.3, 0.4) is 0 Å². The number of benzene rings is 1. The molecule has 0 saturated carbocycles. The van der Waals surface area contributed by atoms with E-state index in [0.29, 0.717) is 13.2 Å². The zero-order valence-corrected chi connectivity index (χ0v) is 10.9. The lowest BCUT2D eigenvalue weighted by Crippen LogP contribution is -2.26. The molecule has 0 fully saturated rings. The fourth-order valence-electron chi connectivity index (χ4n) is 1.65. The highest BCUT2D eigenvalue weighted by Crippen LogP contribution is 2.05. The molecule has 0 aliphatic heterocycles. The summed E-state index contributed by atoms with van der Waals surface area (Å²) in [6, 6.07) is 13.5. The highest BCUT2D eigenvalue weighted by molar-refractivity contribution is 5.77. The number of aryl methyl sites for hydroxylation is 1. The van der Waals surface area contributed by atoms with Crippen LogP contribution in [-0.2, 0) is 22.7 Å². The van der Waals surface area contributed by atoms with Crippen LogP contribution in [0.15, 0.2) is 46.9 Å². The first kappa shape index (κ1) is 13.4. The van der Waals surface area contributed by atoms with Crippen LogP contribution in [0.2, 0.25) is 0 Å². The Hall–Kier alpha value is -2.07. The maximum atomic E-state index is 11.5. The third-order valence-corrected chi connectivity index (χ3v) is 2.60. The SMILES string of the molecule is Cc1ccc(CNC(=O)COCc2ccccc2)o1. The van der Waals surface area contributed by atoms with Crippen LogP contribution in [0, 0.1) is 6.92 Å². The summed E-state index contributed by atoms with van der Waals surface area (Å²) >= 11 is 0. The summed E-state index contributed by atoms with van der Waals surface area (Å²) in [6.07, 6.45) is 0. The summed E-state index contributed by atoms with van der Waals surface area (Å²) in [6.45, 7) is 2.75. The van der Waals surface area contributed by atoms with Crippen molar-refractivity contribution >= 4 is 5.91 Å². The number of hydrogen-bond donors (Lipinski definition) is 1. The maximum absolute atomic E-state index is 11.5. The largest absolute Gasteiger partial charge is 0.465 e. The fraction of sp³-hybridized carbons (Fsp3) is 0.267. The minimum atomic E-state index is -0.148. The van der Waals surface area contributed by atoms with E-state index in [-0.39, 0.29) is 12.5 Å². The zero-order chi connectivity index (χ0) is 13.5. The van der Waals surface area contributed by atoms with E-state index in [0.717, 1.165) is 17.1 Å². The van der Waals surface area contributed by atoms with Crippen molar-refractivity contribution in [3.63, 3.8) is 0 Å². The van der Waals surface area contributed by atoms with Crippen molar-refractivity contribution in [2.24, 2.45) is 0 Å². The molecule has 0 atom stereocenters. The third-order valence-electron chi connectivity index (χ3n) is 2.60. The van der Waals surface area contributed by atoms with Gasteiger partial charge in [0.2, 0.25) is 5.91 Å². The molecule has 0 bridgehead atoms. The lowest BCUT2D eigenvalue weighted by molar-refractivity contribution is -0.126. The molecule has 1 heterocycles. The number of carbonyl (C=O) groups excluding carboxylic acids is 1. The van der Waals surface area contributed by atoms with Crippen LogP contribution in [-0.4, -0.2) is 12.5 Å². The van der Waals surface area contributed by atoms with Gasteiger partial charge in [0.15, 0.2) is 0 Å². The highest BCUT2D eigenvalue weighted by Gasteiger charge is 2.03. The quantitative estimate of drug-likeness (QED) is 0.866. The normalized spacial score (nSPS) is 10.4. The Balaban J connectivity index is 1.65. The monoisotopic (exact) mass is 259 g/mol. The summed E-state index contributed by atoms with van der Waals surface area (Å²) < 4.78 is 10.7. The minimum Gasteiger partial charge on any atom is -0.465 e. The van der Waals surface area contributed by atoms with Gasteiger partial charge in [0.1, 0.15) is 18.1 Å². The van der Waals surface area contributed by atoms with Gasteiger partial charge in [0.05, 0.1) is 13.2 Å². The molecule has 4 heteroatoms. The van der Waals surface area contributed by atoms with Crippen molar-refractivity contribution in [3.05, 3.63) is 59.5 Å². The summed E-state index contributed by atoms with van der Waals surface area (Å²) in [7, 11) is 0. The smallest absolute Gasteiger partial charge is 0.246 e. The first-order valence-electron chi connectivity index (χ1n) is 6.18. The molecule has 1 aromatic carbocycles. The number of ether oxygens (including phenoxy) is 1. The van der Waals surface area contributed by atoms with Gasteiger partial charge in [-0.3, -0.25) is 4.79 Å². The van der Waals surface area contributed by atoms with E-state index in [1.807, 2.05) is 49.4 Å². The van der Waals surface area contributed by atoms with Crippen molar-refractivity contribution in [2.75, 3.05) is 6.61 Å². The molecule has 0 aliphatic carbocycles. The van der Waals surface area contributed by atoms with Gasteiger partial charge in [-0.05, 0) is 24.6 Å². The zero-order valence-electron chi connectivity index (χ0n) is 10.9. The van der Waals surface area contributed by atoms with E-state index in [1.165, 1.54) is 0 Å². The Labute approximate surface area is 112 Å². The fourth-order valence-corrected chi connectivity index (χ4v) is 1.65. The lowest BCUT2D eigenvalue weighted by atomic mass is 10.2. The van der Waals surface area contributed by atoms with E-state index in [2.05, 4.69) is 5.32 Å². The van der Waals surface area contributed by atoms with E-state index in [1.54, 1.807) is 0 Å². The molecule has 0 radical (unpaired) electrons. The van der Waals surface area contributed by atoms with E-state index < -0.39 is 0 Å². The van der Waals surface area contributed by atoms with Gasteiger partial charge < -0.3 is 14.5 Å². The predicted octanol–water partition coefficient (Wildman–Crippen LogP) is 2.42. The van der Waals surface area contributed by atoms with Gasteiger partial charge in [0.25, 0.3) is 0 Å². The molecule has 1 aromatic heterocycles. The first-order chi connectivity index (χ1) is 9.24. The number of rotatable bonds is 6. The molecule has 1 N–H and O–H groups in total. The van der Waals surface area contributed by atoms with Crippen LogP contribution in [0.25, 0.3) is 0 Å². The number of carbonyl (C=O) groups is 1. The number of nitrogens with one attached hydrogen (secondary N) is 1. The Morgan fingerprint density at radius 3 is 2.68 bits per heavy atom. The Bertz CT molecular complexity index is 519. The van der Waals surface area contributed by atoms with Crippen LogP contribution in [0.5, 0.6) is 0 Å². The summed E-state index contributed by atoms with van der Waals surface area (Å²) in [5.74, 6) is 1.43. The van der Waals surface area contributed by atoms with Crippen molar-refractivity contribution in [1.82, 2.24) is 5.32 Å². The van der Waals surface area contributed by atoms with Crippen molar-refractivity contribution in [2.45, 2.75) is 20.1 Å². The highest BCUT2D eigenvalue weighted by atomic mass is 16.5. The van der Waals surface area contributed by atoms with Crippen LogP contribution < -0.4 is 5.32 Å². The second kappa shape index (κ2) is 6.75.